The molecule has 0 saturated heterocycles. The Labute approximate surface area is 202 Å². The predicted octanol–water partition coefficient (Wildman–Crippen LogP) is 4.43. The molecular weight excluding hydrogens is 494 g/mol. The molecular formula is C23H28BrN3O4S. The molecule has 2 aromatic rings. The average molecular weight is 522 g/mol. The van der Waals surface area contributed by atoms with E-state index in [1.807, 2.05) is 31.2 Å². The van der Waals surface area contributed by atoms with Crippen LogP contribution in [0.15, 0.2) is 46.9 Å². The fourth-order valence-electron chi connectivity index (χ4n) is 2.74. The number of hydrogen-bond acceptors (Lipinski definition) is 5. The van der Waals surface area contributed by atoms with E-state index in [0.29, 0.717) is 23.7 Å². The van der Waals surface area contributed by atoms with Gasteiger partial charge < -0.3 is 9.47 Å². The Bertz CT molecular complexity index is 939. The van der Waals surface area contributed by atoms with Gasteiger partial charge in [0.25, 0.3) is 11.8 Å². The average Bonchev–Trinajstić information content (AvgIpc) is 2.77. The number of hydrogen-bond donors (Lipinski definition) is 3. The first-order valence-corrected chi connectivity index (χ1v) is 11.6. The number of nitrogens with one attached hydrogen (secondary N) is 3. The molecule has 0 heterocycles. The summed E-state index contributed by atoms with van der Waals surface area (Å²) in [7, 11) is 0. The SMILES string of the molecule is CCCCCCOc1ccc(Br)cc1C(=O)NC(=S)NNC(=O)COc1ccccc1C. The molecule has 0 bridgehead atoms. The molecule has 2 aromatic carbocycles. The summed E-state index contributed by atoms with van der Waals surface area (Å²) in [4.78, 5) is 24.7. The fourth-order valence-corrected chi connectivity index (χ4v) is 3.25. The van der Waals surface area contributed by atoms with E-state index in [1.165, 1.54) is 0 Å². The zero-order valence-corrected chi connectivity index (χ0v) is 20.6. The highest BCUT2D eigenvalue weighted by Gasteiger charge is 2.15. The predicted molar refractivity (Wildman–Crippen MR) is 132 cm³/mol. The number of para-hydroxylation sites is 1. The highest BCUT2D eigenvalue weighted by Crippen LogP contribution is 2.23. The number of ether oxygens (including phenoxy) is 2. The lowest BCUT2D eigenvalue weighted by atomic mass is 10.2. The smallest absolute Gasteiger partial charge is 0.276 e. The lowest BCUT2D eigenvalue weighted by Gasteiger charge is -2.14. The van der Waals surface area contributed by atoms with Gasteiger partial charge in [0.15, 0.2) is 11.7 Å². The van der Waals surface area contributed by atoms with Gasteiger partial charge in [0.2, 0.25) is 0 Å². The minimum Gasteiger partial charge on any atom is -0.493 e. The normalized spacial score (nSPS) is 10.2. The lowest BCUT2D eigenvalue weighted by molar-refractivity contribution is -0.123. The summed E-state index contributed by atoms with van der Waals surface area (Å²) in [5, 5.41) is 2.49. The Balaban J connectivity index is 1.82. The van der Waals surface area contributed by atoms with E-state index in [-0.39, 0.29) is 11.7 Å². The summed E-state index contributed by atoms with van der Waals surface area (Å²) in [5.41, 5.74) is 6.17. The van der Waals surface area contributed by atoms with Crippen molar-refractivity contribution in [1.82, 2.24) is 16.2 Å². The number of halogens is 1. The Morgan fingerprint density at radius 2 is 1.78 bits per heavy atom. The monoisotopic (exact) mass is 521 g/mol. The number of aryl methyl sites for hydroxylation is 1. The minimum atomic E-state index is -0.447. The van der Waals surface area contributed by atoms with Crippen LogP contribution >= 0.6 is 28.1 Å². The number of rotatable bonds is 10. The molecule has 0 atom stereocenters. The van der Waals surface area contributed by atoms with Crippen LogP contribution in [0.2, 0.25) is 0 Å². The summed E-state index contributed by atoms with van der Waals surface area (Å²) in [5.74, 6) is 0.206. The van der Waals surface area contributed by atoms with Gasteiger partial charge in [0.05, 0.1) is 12.2 Å². The third-order valence-electron chi connectivity index (χ3n) is 4.44. The molecule has 2 rings (SSSR count). The largest absolute Gasteiger partial charge is 0.493 e. The van der Waals surface area contributed by atoms with Crippen molar-refractivity contribution in [3.05, 3.63) is 58.1 Å². The Morgan fingerprint density at radius 3 is 2.53 bits per heavy atom. The first-order chi connectivity index (χ1) is 15.4. The van der Waals surface area contributed by atoms with Crippen LogP contribution in [0.4, 0.5) is 0 Å². The summed E-state index contributed by atoms with van der Waals surface area (Å²) >= 11 is 8.48. The van der Waals surface area contributed by atoms with Crippen molar-refractivity contribution >= 4 is 45.1 Å². The lowest BCUT2D eigenvalue weighted by Crippen LogP contribution is -2.49. The van der Waals surface area contributed by atoms with E-state index < -0.39 is 11.8 Å². The number of thiocarbonyl (C=S) groups is 1. The maximum Gasteiger partial charge on any atom is 0.276 e. The fraction of sp³-hybridized carbons (Fsp3) is 0.348. The molecule has 0 saturated carbocycles. The highest BCUT2D eigenvalue weighted by atomic mass is 79.9. The van der Waals surface area contributed by atoms with Crippen molar-refractivity contribution in [1.29, 1.82) is 0 Å². The molecule has 0 radical (unpaired) electrons. The van der Waals surface area contributed by atoms with E-state index in [4.69, 9.17) is 21.7 Å². The number of unbranched alkanes of at least 4 members (excludes halogenated alkanes) is 3. The Hall–Kier alpha value is -2.65. The van der Waals surface area contributed by atoms with Crippen molar-refractivity contribution in [2.24, 2.45) is 0 Å². The first-order valence-electron chi connectivity index (χ1n) is 10.4. The van der Waals surface area contributed by atoms with Crippen molar-refractivity contribution in [3.63, 3.8) is 0 Å². The summed E-state index contributed by atoms with van der Waals surface area (Å²) in [6.45, 7) is 4.37. The maximum atomic E-state index is 12.7. The molecule has 7 nitrogen and oxygen atoms in total. The maximum absolute atomic E-state index is 12.7. The molecule has 0 fully saturated rings. The quantitative estimate of drug-likeness (QED) is 0.243. The van der Waals surface area contributed by atoms with Crippen LogP contribution in [0.5, 0.6) is 11.5 Å². The molecule has 0 aliphatic heterocycles. The zero-order valence-electron chi connectivity index (χ0n) is 18.2. The van der Waals surface area contributed by atoms with Gasteiger partial charge >= 0.3 is 0 Å². The van der Waals surface area contributed by atoms with Crippen LogP contribution in [0.1, 0.15) is 48.5 Å². The van der Waals surface area contributed by atoms with E-state index in [1.54, 1.807) is 18.2 Å². The molecule has 0 aliphatic rings. The third kappa shape index (κ3) is 8.84. The number of benzene rings is 2. The second kappa shape index (κ2) is 13.7. The van der Waals surface area contributed by atoms with Crippen molar-refractivity contribution in [2.45, 2.75) is 39.5 Å². The van der Waals surface area contributed by atoms with Gasteiger partial charge in [-0.1, -0.05) is 60.3 Å². The molecule has 0 spiro atoms. The van der Waals surface area contributed by atoms with Gasteiger partial charge in [-0.2, -0.15) is 0 Å². The number of amides is 2. The van der Waals surface area contributed by atoms with Crippen molar-refractivity contribution < 1.29 is 19.1 Å². The van der Waals surface area contributed by atoms with E-state index in [2.05, 4.69) is 39.0 Å². The van der Waals surface area contributed by atoms with Crippen LogP contribution in [0, 0.1) is 6.92 Å². The molecule has 0 unspecified atom stereocenters. The van der Waals surface area contributed by atoms with Crippen LogP contribution in [-0.4, -0.2) is 30.1 Å². The van der Waals surface area contributed by atoms with Crippen molar-refractivity contribution in [3.8, 4) is 11.5 Å². The molecule has 3 N–H and O–H groups in total. The van der Waals surface area contributed by atoms with Crippen molar-refractivity contribution in [2.75, 3.05) is 13.2 Å². The molecule has 9 heteroatoms. The molecule has 2 amide bonds. The zero-order chi connectivity index (χ0) is 23.3. The summed E-state index contributed by atoms with van der Waals surface area (Å²) in [6, 6.07) is 12.6. The van der Waals surface area contributed by atoms with E-state index in [9.17, 15) is 9.59 Å². The number of carbonyl (C=O) groups excluding carboxylic acids is 2. The van der Waals surface area contributed by atoms with Crippen LogP contribution in [0.25, 0.3) is 0 Å². The Kier molecular flexibility index (Phi) is 11.0. The number of hydrazine groups is 1. The summed E-state index contributed by atoms with van der Waals surface area (Å²) < 4.78 is 12.0. The molecule has 172 valence electrons. The molecule has 32 heavy (non-hydrogen) atoms. The Morgan fingerprint density at radius 1 is 1.00 bits per heavy atom. The van der Waals surface area contributed by atoms with Crippen LogP contribution in [-0.2, 0) is 4.79 Å². The first kappa shape index (κ1) is 25.6. The minimum absolute atomic E-state index is 0.0480. The molecule has 0 aliphatic carbocycles. The second-order valence-electron chi connectivity index (χ2n) is 7.06. The second-order valence-corrected chi connectivity index (χ2v) is 8.38. The van der Waals surface area contributed by atoms with Crippen LogP contribution in [0.3, 0.4) is 0 Å². The van der Waals surface area contributed by atoms with E-state index >= 15 is 0 Å². The standard InChI is InChI=1S/C23H28BrN3O4S/c1-3-4-5-8-13-30-20-12-11-17(24)14-18(20)22(29)25-23(32)27-26-21(28)15-31-19-10-7-6-9-16(19)2/h6-7,9-12,14H,3-5,8,13,15H2,1-2H3,(H,26,28)(H2,25,27,29,32). The van der Waals surface area contributed by atoms with Gasteiger partial charge in [-0.25, -0.2) is 0 Å². The van der Waals surface area contributed by atoms with Gasteiger partial charge in [0, 0.05) is 4.47 Å². The van der Waals surface area contributed by atoms with Crippen LogP contribution < -0.4 is 25.6 Å². The van der Waals surface area contributed by atoms with Gasteiger partial charge in [-0.15, -0.1) is 0 Å². The van der Waals surface area contributed by atoms with Gasteiger partial charge in [0.1, 0.15) is 11.5 Å². The highest BCUT2D eigenvalue weighted by molar-refractivity contribution is 9.10. The summed E-state index contributed by atoms with van der Waals surface area (Å²) in [6.07, 6.45) is 4.29. The number of carbonyl (C=O) groups is 2. The van der Waals surface area contributed by atoms with Gasteiger partial charge in [-0.05, 0) is 55.4 Å². The van der Waals surface area contributed by atoms with E-state index in [0.717, 1.165) is 35.7 Å². The topological polar surface area (TPSA) is 88.7 Å². The third-order valence-corrected chi connectivity index (χ3v) is 5.13. The van der Waals surface area contributed by atoms with Gasteiger partial charge in [-0.3, -0.25) is 25.8 Å². The molecule has 0 aromatic heterocycles.